The van der Waals surface area contributed by atoms with Crippen LogP contribution in [0.1, 0.15) is 26.2 Å². The lowest BCUT2D eigenvalue weighted by Gasteiger charge is -2.21. The van der Waals surface area contributed by atoms with Gasteiger partial charge in [0.05, 0.1) is 0 Å². The number of carbonyl (C=O) groups excluding carboxylic acids is 1. The molecule has 0 aromatic heterocycles. The summed E-state index contributed by atoms with van der Waals surface area (Å²) < 4.78 is 4.92. The van der Waals surface area contributed by atoms with Crippen LogP contribution in [0.4, 0.5) is 0 Å². The average Bonchev–Trinajstić information content (AvgIpc) is 2.18. The molecule has 74 valence electrons. The van der Waals surface area contributed by atoms with Crippen molar-refractivity contribution < 1.29 is 9.53 Å². The van der Waals surface area contributed by atoms with E-state index >= 15 is 0 Å². The molecular formula is C10H17NO2. The Labute approximate surface area is 79.2 Å². The van der Waals surface area contributed by atoms with Gasteiger partial charge in [0.1, 0.15) is 6.10 Å². The third-order valence-electron chi connectivity index (χ3n) is 2.34. The summed E-state index contributed by atoms with van der Waals surface area (Å²) in [4.78, 5) is 11.4. The van der Waals surface area contributed by atoms with Crippen LogP contribution in [0.2, 0.25) is 0 Å². The van der Waals surface area contributed by atoms with Crippen LogP contribution in [0.3, 0.4) is 0 Å². The third-order valence-corrected chi connectivity index (χ3v) is 2.34. The van der Waals surface area contributed by atoms with Crippen molar-refractivity contribution in [1.82, 2.24) is 5.32 Å². The highest BCUT2D eigenvalue weighted by atomic mass is 16.5. The summed E-state index contributed by atoms with van der Waals surface area (Å²) in [5.41, 5.74) is 0. The number of allylic oxidation sites excluding steroid dienone is 1. The molecular weight excluding hydrogens is 166 g/mol. The van der Waals surface area contributed by atoms with E-state index in [1.165, 1.54) is 0 Å². The highest BCUT2D eigenvalue weighted by molar-refractivity contribution is 5.80. The molecule has 0 saturated carbocycles. The normalized spacial score (nSPS) is 24.0. The van der Waals surface area contributed by atoms with Crippen molar-refractivity contribution in [3.05, 3.63) is 12.2 Å². The first-order valence-corrected chi connectivity index (χ1v) is 4.72. The molecule has 1 aliphatic rings. The lowest BCUT2D eigenvalue weighted by Crippen LogP contribution is -2.41. The van der Waals surface area contributed by atoms with Crippen molar-refractivity contribution >= 4 is 5.91 Å². The maximum Gasteiger partial charge on any atom is 0.249 e. The van der Waals surface area contributed by atoms with Gasteiger partial charge in [0.2, 0.25) is 5.91 Å². The van der Waals surface area contributed by atoms with E-state index in [0.29, 0.717) is 6.04 Å². The van der Waals surface area contributed by atoms with Gasteiger partial charge in [0, 0.05) is 13.2 Å². The van der Waals surface area contributed by atoms with Gasteiger partial charge in [-0.3, -0.25) is 4.79 Å². The Hall–Kier alpha value is -0.830. The van der Waals surface area contributed by atoms with Crippen molar-refractivity contribution in [3.8, 4) is 0 Å². The Morgan fingerprint density at radius 3 is 2.92 bits per heavy atom. The fourth-order valence-corrected chi connectivity index (χ4v) is 1.35. The zero-order valence-electron chi connectivity index (χ0n) is 8.25. The van der Waals surface area contributed by atoms with E-state index < -0.39 is 0 Å². The van der Waals surface area contributed by atoms with Crippen LogP contribution < -0.4 is 5.32 Å². The summed E-state index contributed by atoms with van der Waals surface area (Å²) in [6.07, 6.45) is 6.98. The lowest BCUT2D eigenvalue weighted by molar-refractivity contribution is -0.130. The Morgan fingerprint density at radius 2 is 2.38 bits per heavy atom. The van der Waals surface area contributed by atoms with Gasteiger partial charge < -0.3 is 10.1 Å². The molecule has 0 aliphatic heterocycles. The summed E-state index contributed by atoms with van der Waals surface area (Å²) in [6, 6.07) is 0.301. The Balaban J connectivity index is 2.31. The third kappa shape index (κ3) is 3.19. The van der Waals surface area contributed by atoms with E-state index in [-0.39, 0.29) is 12.0 Å². The molecule has 1 amide bonds. The van der Waals surface area contributed by atoms with Crippen molar-refractivity contribution in [1.29, 1.82) is 0 Å². The first-order valence-electron chi connectivity index (χ1n) is 4.72. The van der Waals surface area contributed by atoms with Crippen LogP contribution in [0, 0.1) is 0 Å². The molecule has 3 heteroatoms. The molecule has 13 heavy (non-hydrogen) atoms. The van der Waals surface area contributed by atoms with Crippen LogP contribution in [0.25, 0.3) is 0 Å². The summed E-state index contributed by atoms with van der Waals surface area (Å²) in [5, 5.41) is 2.95. The van der Waals surface area contributed by atoms with Crippen LogP contribution in [0.5, 0.6) is 0 Å². The van der Waals surface area contributed by atoms with Gasteiger partial charge in [-0.05, 0) is 26.2 Å². The summed E-state index contributed by atoms with van der Waals surface area (Å²) >= 11 is 0. The highest BCUT2D eigenvalue weighted by Gasteiger charge is 2.16. The van der Waals surface area contributed by atoms with Crippen LogP contribution in [0.15, 0.2) is 12.2 Å². The molecule has 0 heterocycles. The highest BCUT2D eigenvalue weighted by Crippen LogP contribution is 2.10. The number of ether oxygens (including phenoxy) is 1. The Morgan fingerprint density at radius 1 is 1.62 bits per heavy atom. The molecule has 1 rings (SSSR count). The minimum Gasteiger partial charge on any atom is -0.372 e. The van der Waals surface area contributed by atoms with Crippen LogP contribution in [-0.2, 0) is 9.53 Å². The second-order valence-electron chi connectivity index (χ2n) is 3.37. The number of hydrogen-bond donors (Lipinski definition) is 1. The lowest BCUT2D eigenvalue weighted by atomic mass is 10.0. The minimum atomic E-state index is -0.342. The molecule has 0 bridgehead atoms. The molecule has 2 atom stereocenters. The minimum absolute atomic E-state index is 0.0113. The van der Waals surface area contributed by atoms with Gasteiger partial charge in [-0.2, -0.15) is 0 Å². The van der Waals surface area contributed by atoms with Crippen molar-refractivity contribution in [2.45, 2.75) is 38.3 Å². The summed E-state index contributed by atoms with van der Waals surface area (Å²) in [6.45, 7) is 1.76. The quantitative estimate of drug-likeness (QED) is 0.669. The van der Waals surface area contributed by atoms with Gasteiger partial charge in [-0.25, -0.2) is 0 Å². The standard InChI is InChI=1S/C10H17NO2/c1-8(13-2)10(12)11-9-6-4-3-5-7-9/h3-4,8-9H,5-7H2,1-2H3,(H,11,12). The van der Waals surface area contributed by atoms with Gasteiger partial charge in [-0.15, -0.1) is 0 Å². The monoisotopic (exact) mass is 183 g/mol. The second kappa shape index (κ2) is 5.02. The Kier molecular flexibility index (Phi) is 3.96. The summed E-state index contributed by atoms with van der Waals surface area (Å²) in [5.74, 6) is -0.0113. The molecule has 0 spiro atoms. The number of carbonyl (C=O) groups is 1. The van der Waals surface area contributed by atoms with Crippen LogP contribution in [-0.4, -0.2) is 25.2 Å². The van der Waals surface area contributed by atoms with E-state index in [4.69, 9.17) is 4.74 Å². The van der Waals surface area contributed by atoms with E-state index in [0.717, 1.165) is 19.3 Å². The average molecular weight is 183 g/mol. The topological polar surface area (TPSA) is 38.3 Å². The molecule has 0 radical (unpaired) electrons. The second-order valence-corrected chi connectivity index (χ2v) is 3.37. The molecule has 1 aliphatic carbocycles. The number of amides is 1. The zero-order chi connectivity index (χ0) is 9.68. The molecule has 0 fully saturated rings. The van der Waals surface area contributed by atoms with Crippen molar-refractivity contribution in [2.24, 2.45) is 0 Å². The molecule has 3 nitrogen and oxygen atoms in total. The number of nitrogens with one attached hydrogen (secondary N) is 1. The van der Waals surface area contributed by atoms with E-state index in [1.54, 1.807) is 14.0 Å². The summed E-state index contributed by atoms with van der Waals surface area (Å²) in [7, 11) is 1.55. The van der Waals surface area contributed by atoms with Gasteiger partial charge >= 0.3 is 0 Å². The fourth-order valence-electron chi connectivity index (χ4n) is 1.35. The predicted molar refractivity (Wildman–Crippen MR) is 51.4 cm³/mol. The Bertz CT molecular complexity index is 201. The molecule has 2 unspecified atom stereocenters. The smallest absolute Gasteiger partial charge is 0.249 e. The van der Waals surface area contributed by atoms with Crippen molar-refractivity contribution in [2.75, 3.05) is 7.11 Å². The van der Waals surface area contributed by atoms with E-state index in [2.05, 4.69) is 17.5 Å². The van der Waals surface area contributed by atoms with E-state index in [1.807, 2.05) is 0 Å². The maximum atomic E-state index is 11.4. The first kappa shape index (κ1) is 10.3. The SMILES string of the molecule is COC(C)C(=O)NC1CC=CCC1. The van der Waals surface area contributed by atoms with Crippen LogP contribution >= 0.6 is 0 Å². The number of hydrogen-bond acceptors (Lipinski definition) is 2. The zero-order valence-corrected chi connectivity index (χ0v) is 8.25. The largest absolute Gasteiger partial charge is 0.372 e. The molecule has 0 aromatic rings. The van der Waals surface area contributed by atoms with Gasteiger partial charge in [0.15, 0.2) is 0 Å². The maximum absolute atomic E-state index is 11.4. The first-order chi connectivity index (χ1) is 6.24. The van der Waals surface area contributed by atoms with Gasteiger partial charge in [-0.1, -0.05) is 12.2 Å². The predicted octanol–water partition coefficient (Wildman–Crippen LogP) is 1.25. The molecule has 0 saturated heterocycles. The van der Waals surface area contributed by atoms with Crippen molar-refractivity contribution in [3.63, 3.8) is 0 Å². The number of rotatable bonds is 3. The molecule has 1 N–H and O–H groups in total. The fraction of sp³-hybridized carbons (Fsp3) is 0.700. The van der Waals surface area contributed by atoms with E-state index in [9.17, 15) is 4.79 Å². The molecule has 0 aromatic carbocycles. The number of methoxy groups -OCH3 is 1. The van der Waals surface area contributed by atoms with Gasteiger partial charge in [0.25, 0.3) is 0 Å².